The van der Waals surface area contributed by atoms with E-state index in [1.807, 2.05) is 30.3 Å². The van der Waals surface area contributed by atoms with Crippen LogP contribution in [0.4, 0.5) is 5.69 Å². The molecule has 0 radical (unpaired) electrons. The molecule has 1 aliphatic rings. The Morgan fingerprint density at radius 1 is 1.32 bits per heavy atom. The summed E-state index contributed by atoms with van der Waals surface area (Å²) in [6, 6.07) is 13.2. The standard InChI is InChI=1S/C17H15N3OS/c1-17(2)11-20(14-5-3-4-6-15(14)22-17)16(21)13-8-7-12(9-18)10-19-13/h3-8,10H,11H2,1-2H3. The van der Waals surface area contributed by atoms with Gasteiger partial charge in [-0.2, -0.15) is 5.26 Å². The van der Waals surface area contributed by atoms with Gasteiger partial charge >= 0.3 is 0 Å². The summed E-state index contributed by atoms with van der Waals surface area (Å²) < 4.78 is -0.0589. The van der Waals surface area contributed by atoms with Crippen LogP contribution < -0.4 is 4.90 Å². The summed E-state index contributed by atoms with van der Waals surface area (Å²) >= 11 is 1.78. The highest BCUT2D eigenvalue weighted by Gasteiger charge is 2.34. The van der Waals surface area contributed by atoms with E-state index in [0.29, 0.717) is 17.8 Å². The number of nitrogens with zero attached hydrogens (tertiary/aromatic N) is 3. The van der Waals surface area contributed by atoms with Crippen LogP contribution in [0.5, 0.6) is 0 Å². The summed E-state index contributed by atoms with van der Waals surface area (Å²) in [4.78, 5) is 19.8. The van der Waals surface area contributed by atoms with Crippen LogP contribution >= 0.6 is 11.8 Å². The van der Waals surface area contributed by atoms with Crippen molar-refractivity contribution in [3.05, 3.63) is 53.9 Å². The highest BCUT2D eigenvalue weighted by Crippen LogP contribution is 2.44. The van der Waals surface area contributed by atoms with Crippen molar-refractivity contribution in [2.24, 2.45) is 0 Å². The number of benzene rings is 1. The van der Waals surface area contributed by atoms with Gasteiger partial charge in [0, 0.05) is 22.4 Å². The van der Waals surface area contributed by atoms with Crippen LogP contribution in [0, 0.1) is 11.3 Å². The molecule has 0 unspecified atom stereocenters. The van der Waals surface area contributed by atoms with E-state index in [4.69, 9.17) is 5.26 Å². The van der Waals surface area contributed by atoms with Gasteiger partial charge in [-0.1, -0.05) is 12.1 Å². The zero-order valence-corrected chi connectivity index (χ0v) is 13.2. The average molecular weight is 309 g/mol. The minimum absolute atomic E-state index is 0.0589. The zero-order chi connectivity index (χ0) is 15.7. The summed E-state index contributed by atoms with van der Waals surface area (Å²) in [5.41, 5.74) is 1.73. The molecule has 0 N–H and O–H groups in total. The van der Waals surface area contributed by atoms with Crippen molar-refractivity contribution < 1.29 is 4.79 Å². The maximum Gasteiger partial charge on any atom is 0.276 e. The van der Waals surface area contributed by atoms with Gasteiger partial charge in [0.15, 0.2) is 0 Å². The number of rotatable bonds is 1. The van der Waals surface area contributed by atoms with Crippen LogP contribution in [0.2, 0.25) is 0 Å². The molecule has 1 aromatic carbocycles. The number of aromatic nitrogens is 1. The Morgan fingerprint density at radius 3 is 2.77 bits per heavy atom. The lowest BCUT2D eigenvalue weighted by Gasteiger charge is -2.38. The van der Waals surface area contributed by atoms with E-state index >= 15 is 0 Å². The highest BCUT2D eigenvalue weighted by atomic mass is 32.2. The number of carbonyl (C=O) groups is 1. The SMILES string of the molecule is CC1(C)CN(C(=O)c2ccc(C#N)cn2)c2ccccc2S1. The number of hydrogen-bond acceptors (Lipinski definition) is 4. The number of nitriles is 1. The van der Waals surface area contributed by atoms with Crippen molar-refractivity contribution in [3.8, 4) is 6.07 Å². The van der Waals surface area contributed by atoms with Gasteiger partial charge in [-0.3, -0.25) is 4.79 Å². The van der Waals surface area contributed by atoms with Gasteiger partial charge in [-0.15, -0.1) is 11.8 Å². The fourth-order valence-corrected chi connectivity index (χ4v) is 3.69. The molecule has 0 spiro atoms. The summed E-state index contributed by atoms with van der Waals surface area (Å²) in [5.74, 6) is -0.134. The van der Waals surface area contributed by atoms with Gasteiger partial charge in [0.25, 0.3) is 5.91 Å². The first kappa shape index (κ1) is 14.6. The maximum atomic E-state index is 12.8. The van der Waals surface area contributed by atoms with Crippen molar-refractivity contribution >= 4 is 23.4 Å². The van der Waals surface area contributed by atoms with Gasteiger partial charge in [0.1, 0.15) is 11.8 Å². The molecule has 0 aliphatic carbocycles. The van der Waals surface area contributed by atoms with Crippen LogP contribution in [-0.2, 0) is 0 Å². The molecular formula is C17H15N3OS. The normalized spacial score (nSPS) is 15.8. The number of amides is 1. The van der Waals surface area contributed by atoms with E-state index < -0.39 is 0 Å². The first-order chi connectivity index (χ1) is 10.5. The third-order valence-electron chi connectivity index (χ3n) is 3.44. The molecule has 4 nitrogen and oxygen atoms in total. The Balaban J connectivity index is 1.99. The smallest absolute Gasteiger partial charge is 0.276 e. The molecule has 2 aromatic rings. The minimum atomic E-state index is -0.134. The molecule has 110 valence electrons. The van der Waals surface area contributed by atoms with E-state index in [1.165, 1.54) is 6.20 Å². The lowest BCUT2D eigenvalue weighted by Crippen LogP contribution is -2.44. The van der Waals surface area contributed by atoms with Crippen molar-refractivity contribution in [2.75, 3.05) is 11.4 Å². The van der Waals surface area contributed by atoms with Gasteiger partial charge in [0.05, 0.1) is 11.3 Å². The number of fused-ring (bicyclic) bond motifs is 1. The quantitative estimate of drug-likeness (QED) is 0.809. The van der Waals surface area contributed by atoms with Crippen molar-refractivity contribution in [2.45, 2.75) is 23.5 Å². The van der Waals surface area contributed by atoms with Crippen molar-refractivity contribution in [1.29, 1.82) is 5.26 Å². The Morgan fingerprint density at radius 2 is 2.09 bits per heavy atom. The maximum absolute atomic E-state index is 12.8. The Hall–Kier alpha value is -2.32. The van der Waals surface area contributed by atoms with Crippen molar-refractivity contribution in [3.63, 3.8) is 0 Å². The molecule has 2 heterocycles. The molecule has 0 saturated heterocycles. The predicted octanol–water partition coefficient (Wildman–Crippen LogP) is 3.48. The van der Waals surface area contributed by atoms with E-state index in [-0.39, 0.29) is 10.7 Å². The van der Waals surface area contributed by atoms with E-state index in [9.17, 15) is 4.79 Å². The number of anilines is 1. The molecule has 22 heavy (non-hydrogen) atoms. The van der Waals surface area contributed by atoms with Gasteiger partial charge in [-0.05, 0) is 38.1 Å². The number of pyridine rings is 1. The van der Waals surface area contributed by atoms with Crippen LogP contribution in [0.15, 0.2) is 47.5 Å². The largest absolute Gasteiger partial charge is 0.305 e. The molecule has 1 amide bonds. The number of hydrogen-bond donors (Lipinski definition) is 0. The number of thioether (sulfide) groups is 1. The fourth-order valence-electron chi connectivity index (χ4n) is 2.47. The third kappa shape index (κ3) is 2.70. The zero-order valence-electron chi connectivity index (χ0n) is 12.4. The highest BCUT2D eigenvalue weighted by molar-refractivity contribution is 8.00. The number of carbonyl (C=O) groups excluding carboxylic acids is 1. The predicted molar refractivity (Wildman–Crippen MR) is 87.0 cm³/mol. The molecule has 1 aromatic heterocycles. The van der Waals surface area contributed by atoms with Crippen LogP contribution in [-0.4, -0.2) is 22.2 Å². The van der Waals surface area contributed by atoms with Gasteiger partial charge in [0.2, 0.25) is 0 Å². The molecule has 1 aliphatic heterocycles. The second-order valence-electron chi connectivity index (χ2n) is 5.76. The molecule has 0 fully saturated rings. The Labute approximate surface area is 133 Å². The molecule has 5 heteroatoms. The van der Waals surface area contributed by atoms with E-state index in [2.05, 4.69) is 18.8 Å². The second-order valence-corrected chi connectivity index (χ2v) is 7.51. The van der Waals surface area contributed by atoms with Gasteiger partial charge < -0.3 is 4.90 Å². The molecule has 0 atom stereocenters. The summed E-state index contributed by atoms with van der Waals surface area (Å²) in [7, 11) is 0. The Kier molecular flexibility index (Phi) is 3.63. The lowest BCUT2D eigenvalue weighted by molar-refractivity contribution is 0.0979. The average Bonchev–Trinajstić information content (AvgIpc) is 2.52. The molecule has 0 bridgehead atoms. The second kappa shape index (κ2) is 5.47. The first-order valence-corrected chi connectivity index (χ1v) is 7.78. The molecule has 0 saturated carbocycles. The van der Waals surface area contributed by atoms with Crippen molar-refractivity contribution in [1.82, 2.24) is 4.98 Å². The summed E-state index contributed by atoms with van der Waals surface area (Å²) in [6.07, 6.45) is 1.43. The summed E-state index contributed by atoms with van der Waals surface area (Å²) in [5, 5.41) is 8.83. The van der Waals surface area contributed by atoms with E-state index in [0.717, 1.165) is 10.6 Å². The van der Waals surface area contributed by atoms with Crippen LogP contribution in [0.1, 0.15) is 29.9 Å². The monoisotopic (exact) mass is 309 g/mol. The third-order valence-corrected chi connectivity index (χ3v) is 4.68. The Bertz CT molecular complexity index is 762. The fraction of sp³-hybridized carbons (Fsp3) is 0.235. The van der Waals surface area contributed by atoms with Crippen LogP contribution in [0.25, 0.3) is 0 Å². The summed E-state index contributed by atoms with van der Waals surface area (Å²) in [6.45, 7) is 4.87. The number of para-hydroxylation sites is 1. The molecular weight excluding hydrogens is 294 g/mol. The molecule has 3 rings (SSSR count). The first-order valence-electron chi connectivity index (χ1n) is 6.96. The minimum Gasteiger partial charge on any atom is -0.305 e. The topological polar surface area (TPSA) is 57.0 Å². The van der Waals surface area contributed by atoms with Crippen LogP contribution in [0.3, 0.4) is 0 Å². The lowest BCUT2D eigenvalue weighted by atomic mass is 10.1. The van der Waals surface area contributed by atoms with Gasteiger partial charge in [-0.25, -0.2) is 4.98 Å². The van der Waals surface area contributed by atoms with E-state index in [1.54, 1.807) is 28.8 Å².